The van der Waals surface area contributed by atoms with Crippen molar-refractivity contribution in [3.8, 4) is 0 Å². The lowest BCUT2D eigenvalue weighted by Crippen LogP contribution is -2.18. The van der Waals surface area contributed by atoms with E-state index in [1.807, 2.05) is 13.8 Å². The molecule has 0 fully saturated rings. The van der Waals surface area contributed by atoms with Gasteiger partial charge in [0.25, 0.3) is 0 Å². The maximum absolute atomic E-state index is 5.15. The van der Waals surface area contributed by atoms with Crippen molar-refractivity contribution in [2.75, 3.05) is 7.11 Å². The number of hydrogen-bond donors (Lipinski definition) is 0. The highest BCUT2D eigenvalue weighted by Gasteiger charge is 2.22. The van der Waals surface area contributed by atoms with Crippen LogP contribution in [0.5, 0.6) is 0 Å². The monoisotopic (exact) mass is 141 g/mol. The second-order valence-corrected chi connectivity index (χ2v) is 2.58. The highest BCUT2D eigenvalue weighted by molar-refractivity contribution is 5.00. The van der Waals surface area contributed by atoms with Gasteiger partial charge >= 0.3 is 0 Å². The van der Waals surface area contributed by atoms with Crippen LogP contribution in [-0.2, 0) is 10.3 Å². The lowest BCUT2D eigenvalue weighted by atomic mass is 10.1. The van der Waals surface area contributed by atoms with Crippen LogP contribution in [0.4, 0.5) is 0 Å². The second-order valence-electron chi connectivity index (χ2n) is 2.58. The summed E-state index contributed by atoms with van der Waals surface area (Å²) in [7, 11) is 1.64. The van der Waals surface area contributed by atoms with E-state index in [2.05, 4.69) is 4.98 Å². The smallest absolute Gasteiger partial charge is 0.181 e. The molecule has 0 saturated carbocycles. The Kier molecular flexibility index (Phi) is 1.76. The molecule has 0 amide bonds. The number of methoxy groups -OCH3 is 1. The van der Waals surface area contributed by atoms with Crippen LogP contribution >= 0.6 is 0 Å². The van der Waals surface area contributed by atoms with Gasteiger partial charge in [-0.2, -0.15) is 0 Å². The molecule has 1 rings (SSSR count). The lowest BCUT2D eigenvalue weighted by molar-refractivity contribution is 0.000911. The van der Waals surface area contributed by atoms with E-state index < -0.39 is 0 Å². The first kappa shape index (κ1) is 7.28. The van der Waals surface area contributed by atoms with E-state index in [-0.39, 0.29) is 5.60 Å². The fourth-order valence-electron chi connectivity index (χ4n) is 0.614. The Morgan fingerprint density at radius 1 is 1.60 bits per heavy atom. The summed E-state index contributed by atoms with van der Waals surface area (Å²) in [5, 5.41) is 0. The minimum Gasteiger partial charge on any atom is -0.445 e. The maximum atomic E-state index is 5.15. The predicted molar refractivity (Wildman–Crippen MR) is 36.5 cm³/mol. The van der Waals surface area contributed by atoms with Gasteiger partial charge in [-0.1, -0.05) is 0 Å². The van der Waals surface area contributed by atoms with Crippen molar-refractivity contribution >= 4 is 0 Å². The molecule has 3 nitrogen and oxygen atoms in total. The van der Waals surface area contributed by atoms with Gasteiger partial charge in [-0.3, -0.25) is 0 Å². The summed E-state index contributed by atoms with van der Waals surface area (Å²) in [5.74, 6) is 0.745. The molecule has 0 N–H and O–H groups in total. The van der Waals surface area contributed by atoms with E-state index in [0.29, 0.717) is 0 Å². The molecule has 0 aromatic carbocycles. The molecule has 0 radical (unpaired) electrons. The maximum Gasteiger partial charge on any atom is 0.181 e. The summed E-state index contributed by atoms with van der Waals surface area (Å²) < 4.78 is 10.2. The highest BCUT2D eigenvalue weighted by atomic mass is 16.5. The largest absolute Gasteiger partial charge is 0.445 e. The van der Waals surface area contributed by atoms with Crippen molar-refractivity contribution in [1.82, 2.24) is 4.98 Å². The summed E-state index contributed by atoms with van der Waals surface area (Å²) in [6, 6.07) is 0. The van der Waals surface area contributed by atoms with Crippen LogP contribution in [0, 0.1) is 0 Å². The second kappa shape index (κ2) is 2.42. The van der Waals surface area contributed by atoms with Crippen molar-refractivity contribution in [1.29, 1.82) is 0 Å². The van der Waals surface area contributed by atoms with Gasteiger partial charge in [-0.15, -0.1) is 0 Å². The molecule has 1 aromatic rings. The molecular formula is C7H11NO2. The van der Waals surface area contributed by atoms with E-state index in [0.717, 1.165) is 5.76 Å². The Morgan fingerprint density at radius 3 is 2.70 bits per heavy atom. The van der Waals surface area contributed by atoms with E-state index in [1.54, 1.807) is 13.3 Å². The summed E-state index contributed by atoms with van der Waals surface area (Å²) in [6.45, 7) is 3.85. The summed E-state index contributed by atoms with van der Waals surface area (Å²) in [4.78, 5) is 3.79. The Morgan fingerprint density at radius 2 is 2.30 bits per heavy atom. The number of oxazole rings is 1. The molecule has 0 aliphatic rings. The molecule has 0 saturated heterocycles. The van der Waals surface area contributed by atoms with E-state index >= 15 is 0 Å². The number of rotatable bonds is 2. The Balaban J connectivity index is 2.85. The van der Waals surface area contributed by atoms with Gasteiger partial charge in [0.15, 0.2) is 12.2 Å². The standard InChI is InChI=1S/C7H11NO2/c1-7(2,9-3)6-4-8-5-10-6/h4-5H,1-3H3. The number of aromatic nitrogens is 1. The molecule has 10 heavy (non-hydrogen) atoms. The number of hydrogen-bond acceptors (Lipinski definition) is 3. The van der Waals surface area contributed by atoms with Crippen molar-refractivity contribution in [3.63, 3.8) is 0 Å². The zero-order valence-corrected chi connectivity index (χ0v) is 6.42. The molecule has 0 atom stereocenters. The van der Waals surface area contributed by atoms with Crippen molar-refractivity contribution < 1.29 is 9.15 Å². The van der Waals surface area contributed by atoms with Crippen LogP contribution in [0.1, 0.15) is 19.6 Å². The van der Waals surface area contributed by atoms with Crippen molar-refractivity contribution in [3.05, 3.63) is 18.4 Å². The molecular weight excluding hydrogens is 130 g/mol. The molecule has 56 valence electrons. The minimum absolute atomic E-state index is 0.365. The first-order valence-corrected chi connectivity index (χ1v) is 3.11. The van der Waals surface area contributed by atoms with Crippen LogP contribution in [0.2, 0.25) is 0 Å². The number of nitrogens with zero attached hydrogens (tertiary/aromatic N) is 1. The molecule has 0 spiro atoms. The quantitative estimate of drug-likeness (QED) is 0.626. The molecule has 3 heteroatoms. The zero-order valence-electron chi connectivity index (χ0n) is 6.42. The van der Waals surface area contributed by atoms with Gasteiger partial charge in [-0.25, -0.2) is 4.98 Å². The van der Waals surface area contributed by atoms with Crippen molar-refractivity contribution in [2.45, 2.75) is 19.4 Å². The average molecular weight is 141 g/mol. The van der Waals surface area contributed by atoms with Crippen LogP contribution in [0.3, 0.4) is 0 Å². The van der Waals surface area contributed by atoms with Gasteiger partial charge in [0, 0.05) is 7.11 Å². The third-order valence-corrected chi connectivity index (χ3v) is 1.54. The third kappa shape index (κ3) is 1.19. The van der Waals surface area contributed by atoms with Crippen LogP contribution < -0.4 is 0 Å². The van der Waals surface area contributed by atoms with Gasteiger partial charge in [-0.05, 0) is 13.8 Å². The fourth-order valence-corrected chi connectivity index (χ4v) is 0.614. The first-order chi connectivity index (χ1) is 4.67. The molecule has 0 unspecified atom stereocenters. The van der Waals surface area contributed by atoms with E-state index in [1.165, 1.54) is 6.39 Å². The molecule has 1 aromatic heterocycles. The molecule has 0 aliphatic carbocycles. The van der Waals surface area contributed by atoms with Crippen LogP contribution in [0.15, 0.2) is 17.0 Å². The summed E-state index contributed by atoms with van der Waals surface area (Å²) in [6.07, 6.45) is 3.06. The highest BCUT2D eigenvalue weighted by Crippen LogP contribution is 2.22. The molecule has 0 aliphatic heterocycles. The first-order valence-electron chi connectivity index (χ1n) is 3.11. The average Bonchev–Trinajstić information content (AvgIpc) is 2.38. The Hall–Kier alpha value is -0.830. The van der Waals surface area contributed by atoms with Gasteiger partial charge in [0.2, 0.25) is 0 Å². The fraction of sp³-hybridized carbons (Fsp3) is 0.571. The van der Waals surface area contributed by atoms with Gasteiger partial charge < -0.3 is 9.15 Å². The van der Waals surface area contributed by atoms with Crippen molar-refractivity contribution in [2.24, 2.45) is 0 Å². The Labute approximate surface area is 60.0 Å². The molecule has 0 bridgehead atoms. The zero-order chi connectivity index (χ0) is 7.61. The SMILES string of the molecule is COC(C)(C)c1cnco1. The van der Waals surface area contributed by atoms with Crippen LogP contribution in [-0.4, -0.2) is 12.1 Å². The normalized spacial score (nSPS) is 11.9. The Bertz CT molecular complexity index is 191. The van der Waals surface area contributed by atoms with E-state index in [4.69, 9.17) is 9.15 Å². The lowest BCUT2D eigenvalue weighted by Gasteiger charge is -2.18. The molecule has 1 heterocycles. The third-order valence-electron chi connectivity index (χ3n) is 1.54. The summed E-state index contributed by atoms with van der Waals surface area (Å²) in [5.41, 5.74) is -0.365. The predicted octanol–water partition coefficient (Wildman–Crippen LogP) is 1.56. The van der Waals surface area contributed by atoms with Gasteiger partial charge in [0.1, 0.15) is 5.60 Å². The topological polar surface area (TPSA) is 35.3 Å². The summed E-state index contributed by atoms with van der Waals surface area (Å²) >= 11 is 0. The minimum atomic E-state index is -0.365. The number of ether oxygens (including phenoxy) is 1. The van der Waals surface area contributed by atoms with Gasteiger partial charge in [0.05, 0.1) is 6.20 Å². The van der Waals surface area contributed by atoms with E-state index in [9.17, 15) is 0 Å². The van der Waals surface area contributed by atoms with Crippen LogP contribution in [0.25, 0.3) is 0 Å².